The molecule has 0 unspecified atom stereocenters. The largest absolute Gasteiger partial charge is 0.507 e. The zero-order valence-corrected chi connectivity index (χ0v) is 26.5. The highest BCUT2D eigenvalue weighted by Gasteiger charge is 2.26. The number of phenolic OH excluding ortho intramolecular Hbond substituents is 1. The van der Waals surface area contributed by atoms with Crippen molar-refractivity contribution in [2.75, 3.05) is 59.6 Å². The van der Waals surface area contributed by atoms with Gasteiger partial charge in [0.2, 0.25) is 11.2 Å². The van der Waals surface area contributed by atoms with Gasteiger partial charge in [0.05, 0.1) is 12.7 Å². The molecule has 9 heteroatoms. The zero-order chi connectivity index (χ0) is 31.1. The third-order valence-electron chi connectivity index (χ3n) is 8.72. The molecule has 2 saturated heterocycles. The summed E-state index contributed by atoms with van der Waals surface area (Å²) < 4.78 is 24.4. The molecule has 2 aliphatic heterocycles. The van der Waals surface area contributed by atoms with E-state index in [0.29, 0.717) is 55.2 Å². The van der Waals surface area contributed by atoms with Crippen LogP contribution in [0.4, 0.5) is 0 Å². The van der Waals surface area contributed by atoms with Crippen molar-refractivity contribution in [3.63, 3.8) is 0 Å². The van der Waals surface area contributed by atoms with E-state index in [1.54, 1.807) is 21.0 Å². The van der Waals surface area contributed by atoms with Crippen molar-refractivity contribution in [2.24, 2.45) is 0 Å². The van der Waals surface area contributed by atoms with Gasteiger partial charge in [-0.3, -0.25) is 14.6 Å². The fourth-order valence-electron chi connectivity index (χ4n) is 6.15. The van der Waals surface area contributed by atoms with Gasteiger partial charge in [-0.25, -0.2) is 0 Å². The minimum atomic E-state index is -0.952. The highest BCUT2D eigenvalue weighted by Crippen LogP contribution is 2.40. The average molecular weight is 609 g/mol. The van der Waals surface area contributed by atoms with E-state index in [2.05, 4.69) is 9.80 Å². The molecule has 0 amide bonds. The standard InChI is InChI=1S/C35H48N2O7/c1-35(2,40)15-14-27-29(42-22-20-36-16-6-4-7-17-36)24-28(38)30-31(39)34(43-23-21-37-18-8-5-9-19-37)32(44-33(27)30)25-10-12-26(41-3)13-11-25/h10-13,24,38,40H,4-9,14-23H2,1-3H3. The second-order valence-corrected chi connectivity index (χ2v) is 12.7. The molecular weight excluding hydrogens is 560 g/mol. The number of likely N-dealkylation sites (tertiary alicyclic amines) is 2. The van der Waals surface area contributed by atoms with Crippen LogP contribution in [0.25, 0.3) is 22.3 Å². The van der Waals surface area contributed by atoms with E-state index in [0.717, 1.165) is 32.7 Å². The summed E-state index contributed by atoms with van der Waals surface area (Å²) in [5, 5.41) is 21.9. The number of aliphatic hydroxyl groups is 1. The maximum atomic E-state index is 14.2. The first-order valence-electron chi connectivity index (χ1n) is 16.2. The summed E-state index contributed by atoms with van der Waals surface area (Å²) in [6.45, 7) is 9.88. The van der Waals surface area contributed by atoms with Gasteiger partial charge in [-0.15, -0.1) is 0 Å². The van der Waals surface area contributed by atoms with Crippen LogP contribution >= 0.6 is 0 Å². The first kappa shape index (κ1) is 32.1. The molecule has 1 aromatic heterocycles. The second kappa shape index (κ2) is 14.7. The molecule has 240 valence electrons. The highest BCUT2D eigenvalue weighted by molar-refractivity contribution is 5.91. The summed E-state index contributed by atoms with van der Waals surface area (Å²) >= 11 is 0. The number of rotatable bonds is 13. The van der Waals surface area contributed by atoms with Crippen LogP contribution in [0, 0.1) is 0 Å². The molecule has 3 heterocycles. The Labute approximate surface area is 260 Å². The van der Waals surface area contributed by atoms with Crippen LogP contribution in [-0.4, -0.2) is 85.2 Å². The minimum absolute atomic E-state index is 0.0596. The van der Waals surface area contributed by atoms with E-state index in [1.807, 2.05) is 24.3 Å². The number of aromatic hydroxyl groups is 1. The summed E-state index contributed by atoms with van der Waals surface area (Å²) in [5.74, 6) is 1.28. The predicted octanol–water partition coefficient (Wildman–Crippen LogP) is 5.61. The lowest BCUT2D eigenvalue weighted by atomic mass is 9.96. The fraction of sp³-hybridized carbons (Fsp3) is 0.571. The Balaban J connectivity index is 1.55. The van der Waals surface area contributed by atoms with Crippen molar-refractivity contribution >= 4 is 11.0 Å². The summed E-state index contributed by atoms with van der Waals surface area (Å²) in [4.78, 5) is 18.9. The first-order chi connectivity index (χ1) is 21.2. The monoisotopic (exact) mass is 608 g/mol. The van der Waals surface area contributed by atoms with Crippen molar-refractivity contribution in [1.82, 2.24) is 9.80 Å². The molecular formula is C35H48N2O7. The summed E-state index contributed by atoms with van der Waals surface area (Å²) in [6.07, 6.45) is 8.01. The maximum Gasteiger partial charge on any atom is 0.239 e. The molecule has 0 saturated carbocycles. The van der Waals surface area contributed by atoms with Crippen LogP contribution in [0.5, 0.6) is 23.0 Å². The van der Waals surface area contributed by atoms with Gasteiger partial charge in [-0.1, -0.05) is 12.8 Å². The topological polar surface area (TPSA) is 105 Å². The summed E-state index contributed by atoms with van der Waals surface area (Å²) in [6, 6.07) is 8.79. The van der Waals surface area contributed by atoms with E-state index in [1.165, 1.54) is 44.6 Å². The van der Waals surface area contributed by atoms with Crippen LogP contribution in [0.3, 0.4) is 0 Å². The van der Waals surface area contributed by atoms with Crippen molar-refractivity contribution in [3.05, 3.63) is 46.1 Å². The van der Waals surface area contributed by atoms with Gasteiger partial charge in [-0.2, -0.15) is 0 Å². The van der Waals surface area contributed by atoms with Crippen molar-refractivity contribution in [3.8, 4) is 34.3 Å². The van der Waals surface area contributed by atoms with Gasteiger partial charge < -0.3 is 28.8 Å². The number of hydrogen-bond acceptors (Lipinski definition) is 9. The number of fused-ring (bicyclic) bond motifs is 1. The smallest absolute Gasteiger partial charge is 0.239 e. The minimum Gasteiger partial charge on any atom is -0.507 e. The molecule has 0 spiro atoms. The summed E-state index contributed by atoms with van der Waals surface area (Å²) in [7, 11) is 1.60. The molecule has 44 heavy (non-hydrogen) atoms. The van der Waals surface area contributed by atoms with Gasteiger partial charge in [0, 0.05) is 30.3 Å². The number of methoxy groups -OCH3 is 1. The molecule has 0 aliphatic carbocycles. The van der Waals surface area contributed by atoms with E-state index in [4.69, 9.17) is 18.6 Å². The van der Waals surface area contributed by atoms with Crippen molar-refractivity contribution in [1.29, 1.82) is 0 Å². The number of phenols is 1. The lowest BCUT2D eigenvalue weighted by molar-refractivity contribution is 0.0712. The van der Waals surface area contributed by atoms with Gasteiger partial charge in [0.1, 0.15) is 41.4 Å². The lowest BCUT2D eigenvalue weighted by Crippen LogP contribution is -2.33. The highest BCUT2D eigenvalue weighted by atomic mass is 16.5. The third kappa shape index (κ3) is 8.06. The molecule has 3 aromatic rings. The number of nitrogens with zero attached hydrogens (tertiary/aromatic N) is 2. The van der Waals surface area contributed by atoms with E-state index >= 15 is 0 Å². The van der Waals surface area contributed by atoms with Crippen molar-refractivity contribution in [2.45, 2.75) is 70.8 Å². The molecule has 2 aliphatic rings. The van der Waals surface area contributed by atoms with Gasteiger partial charge in [0.25, 0.3) is 0 Å². The molecule has 9 nitrogen and oxygen atoms in total. The number of benzene rings is 2. The summed E-state index contributed by atoms with van der Waals surface area (Å²) in [5.41, 5.74) is 0.165. The van der Waals surface area contributed by atoms with Gasteiger partial charge >= 0.3 is 0 Å². The third-order valence-corrected chi connectivity index (χ3v) is 8.72. The molecule has 2 fully saturated rings. The Bertz CT molecular complexity index is 1430. The predicted molar refractivity (Wildman–Crippen MR) is 172 cm³/mol. The number of hydrogen-bond donors (Lipinski definition) is 2. The molecule has 2 aromatic carbocycles. The number of aryl methyl sites for hydroxylation is 1. The molecule has 0 bridgehead atoms. The average Bonchev–Trinajstić information content (AvgIpc) is 3.02. The second-order valence-electron chi connectivity index (χ2n) is 12.7. The Hall–Kier alpha value is -3.27. The van der Waals surface area contributed by atoms with E-state index in [9.17, 15) is 15.0 Å². The normalized spacial score (nSPS) is 16.7. The van der Waals surface area contributed by atoms with E-state index < -0.39 is 11.0 Å². The fourth-order valence-corrected chi connectivity index (χ4v) is 6.15. The van der Waals surface area contributed by atoms with Crippen LogP contribution in [0.15, 0.2) is 39.5 Å². The molecule has 5 rings (SSSR count). The van der Waals surface area contributed by atoms with Crippen LogP contribution in [0.1, 0.15) is 64.4 Å². The Kier molecular flexibility index (Phi) is 10.7. The number of piperidine rings is 2. The first-order valence-corrected chi connectivity index (χ1v) is 16.2. The Morgan fingerprint density at radius 1 is 0.886 bits per heavy atom. The van der Waals surface area contributed by atoms with Crippen LogP contribution in [0.2, 0.25) is 0 Å². The zero-order valence-electron chi connectivity index (χ0n) is 26.5. The lowest BCUT2D eigenvalue weighted by Gasteiger charge is -2.27. The van der Waals surface area contributed by atoms with Crippen molar-refractivity contribution < 1.29 is 28.8 Å². The Morgan fingerprint density at radius 3 is 2.05 bits per heavy atom. The Morgan fingerprint density at radius 2 is 1.48 bits per heavy atom. The van der Waals surface area contributed by atoms with Gasteiger partial charge in [-0.05, 0) is 103 Å². The SMILES string of the molecule is COc1ccc(-c2oc3c(CCC(C)(C)O)c(OCCN4CCCCC4)cc(O)c3c(=O)c2OCCN2CCCCC2)cc1. The molecule has 0 radical (unpaired) electrons. The molecule has 0 atom stereocenters. The van der Waals surface area contributed by atoms with Crippen LogP contribution in [-0.2, 0) is 6.42 Å². The number of ether oxygens (including phenoxy) is 3. The quantitative estimate of drug-likeness (QED) is 0.256. The molecule has 2 N–H and O–H groups in total. The maximum absolute atomic E-state index is 14.2. The van der Waals surface area contributed by atoms with Crippen LogP contribution < -0.4 is 19.6 Å². The van der Waals surface area contributed by atoms with Gasteiger partial charge in [0.15, 0.2) is 5.76 Å². The van der Waals surface area contributed by atoms with E-state index in [-0.39, 0.29) is 28.2 Å².